The fraction of sp³-hybridized carbons (Fsp3) is 0.400. The first-order valence-electron chi connectivity index (χ1n) is 4.71. The summed E-state index contributed by atoms with van der Waals surface area (Å²) in [6, 6.07) is 3.01. The SMILES string of the molecule is CC(NCc1ccncc1)(C(=O)O)C(F)(F)F. The number of carboxylic acid groups (broad SMARTS) is 1. The van der Waals surface area contributed by atoms with Crippen molar-refractivity contribution >= 4 is 5.97 Å². The molecule has 0 fully saturated rings. The number of carbonyl (C=O) groups is 1. The molecule has 0 bridgehead atoms. The van der Waals surface area contributed by atoms with Crippen molar-refractivity contribution in [2.45, 2.75) is 25.2 Å². The predicted octanol–water partition coefficient (Wildman–Crippen LogP) is 1.58. The van der Waals surface area contributed by atoms with Crippen LogP contribution in [0.25, 0.3) is 0 Å². The Hall–Kier alpha value is -1.63. The molecule has 0 aliphatic rings. The zero-order valence-electron chi connectivity index (χ0n) is 8.95. The van der Waals surface area contributed by atoms with E-state index in [1.165, 1.54) is 24.5 Å². The molecule has 0 aromatic carbocycles. The highest BCUT2D eigenvalue weighted by Crippen LogP contribution is 2.30. The summed E-state index contributed by atoms with van der Waals surface area (Å²) in [5.74, 6) is -1.96. The lowest BCUT2D eigenvalue weighted by molar-refractivity contribution is -0.206. The summed E-state index contributed by atoms with van der Waals surface area (Å²) in [5, 5.41) is 10.7. The third-order valence-corrected chi connectivity index (χ3v) is 2.39. The van der Waals surface area contributed by atoms with Crippen molar-refractivity contribution in [3.05, 3.63) is 30.1 Å². The van der Waals surface area contributed by atoms with Crippen LogP contribution in [0.2, 0.25) is 0 Å². The highest BCUT2D eigenvalue weighted by Gasteiger charge is 2.57. The monoisotopic (exact) mass is 248 g/mol. The summed E-state index contributed by atoms with van der Waals surface area (Å²) in [5.41, 5.74) is -2.44. The molecular weight excluding hydrogens is 237 g/mol. The van der Waals surface area contributed by atoms with Gasteiger partial charge in [-0.2, -0.15) is 13.2 Å². The number of alkyl halides is 3. The first-order valence-corrected chi connectivity index (χ1v) is 4.71. The van der Waals surface area contributed by atoms with Crippen LogP contribution in [0.15, 0.2) is 24.5 Å². The molecule has 17 heavy (non-hydrogen) atoms. The molecule has 2 N–H and O–H groups in total. The molecule has 0 saturated carbocycles. The lowest BCUT2D eigenvalue weighted by Gasteiger charge is -2.28. The maximum atomic E-state index is 12.6. The minimum absolute atomic E-state index is 0.204. The van der Waals surface area contributed by atoms with Gasteiger partial charge in [0.05, 0.1) is 0 Å². The molecule has 0 aliphatic heterocycles. The number of pyridine rings is 1. The van der Waals surface area contributed by atoms with E-state index in [0.29, 0.717) is 12.5 Å². The highest BCUT2D eigenvalue weighted by molar-refractivity contribution is 5.79. The van der Waals surface area contributed by atoms with Crippen LogP contribution in [-0.2, 0) is 11.3 Å². The van der Waals surface area contributed by atoms with Gasteiger partial charge in [-0.05, 0) is 24.6 Å². The minimum atomic E-state index is -4.87. The Bertz CT molecular complexity index is 394. The van der Waals surface area contributed by atoms with Crippen LogP contribution in [0.4, 0.5) is 13.2 Å². The first kappa shape index (κ1) is 13.4. The number of nitrogens with zero attached hydrogens (tertiary/aromatic N) is 1. The lowest BCUT2D eigenvalue weighted by Crippen LogP contribution is -2.59. The van der Waals surface area contributed by atoms with Gasteiger partial charge in [0.1, 0.15) is 0 Å². The van der Waals surface area contributed by atoms with E-state index < -0.39 is 17.7 Å². The molecule has 1 heterocycles. The zero-order chi connectivity index (χ0) is 13.1. The minimum Gasteiger partial charge on any atom is -0.480 e. The van der Waals surface area contributed by atoms with Crippen LogP contribution in [-0.4, -0.2) is 27.8 Å². The Morgan fingerprint density at radius 3 is 2.35 bits per heavy atom. The van der Waals surface area contributed by atoms with Crippen molar-refractivity contribution in [1.29, 1.82) is 0 Å². The normalized spacial score (nSPS) is 15.3. The molecule has 94 valence electrons. The highest BCUT2D eigenvalue weighted by atomic mass is 19.4. The van der Waals surface area contributed by atoms with Gasteiger partial charge in [-0.3, -0.25) is 10.3 Å². The summed E-state index contributed by atoms with van der Waals surface area (Å²) in [4.78, 5) is 14.4. The van der Waals surface area contributed by atoms with Gasteiger partial charge in [-0.25, -0.2) is 4.79 Å². The largest absolute Gasteiger partial charge is 0.480 e. The second-order valence-electron chi connectivity index (χ2n) is 3.64. The smallest absolute Gasteiger partial charge is 0.417 e. The molecule has 1 unspecified atom stereocenters. The number of nitrogens with one attached hydrogen (secondary N) is 1. The van der Waals surface area contributed by atoms with Crippen LogP contribution in [0.3, 0.4) is 0 Å². The Morgan fingerprint density at radius 2 is 1.94 bits per heavy atom. The Labute approximate surface area is 95.5 Å². The number of aliphatic carboxylic acids is 1. The van der Waals surface area contributed by atoms with Crippen LogP contribution >= 0.6 is 0 Å². The summed E-state index contributed by atoms with van der Waals surface area (Å²) in [6.45, 7) is 0.390. The zero-order valence-corrected chi connectivity index (χ0v) is 8.95. The van der Waals surface area contributed by atoms with E-state index in [1.54, 1.807) is 0 Å². The third-order valence-electron chi connectivity index (χ3n) is 2.39. The fourth-order valence-electron chi connectivity index (χ4n) is 1.08. The average molecular weight is 248 g/mol. The van der Waals surface area contributed by atoms with E-state index >= 15 is 0 Å². The van der Waals surface area contributed by atoms with Crippen LogP contribution < -0.4 is 5.32 Å². The fourth-order valence-corrected chi connectivity index (χ4v) is 1.08. The number of rotatable bonds is 4. The number of aromatic nitrogens is 1. The number of carboxylic acids is 1. The van der Waals surface area contributed by atoms with Crippen molar-refractivity contribution in [3.8, 4) is 0 Å². The summed E-state index contributed by atoms with van der Waals surface area (Å²) >= 11 is 0. The van der Waals surface area contributed by atoms with Crippen LogP contribution in [0.1, 0.15) is 12.5 Å². The van der Waals surface area contributed by atoms with E-state index in [-0.39, 0.29) is 6.54 Å². The Balaban J connectivity index is 2.80. The summed E-state index contributed by atoms with van der Waals surface area (Å²) < 4.78 is 37.8. The quantitative estimate of drug-likeness (QED) is 0.849. The maximum absolute atomic E-state index is 12.6. The molecule has 4 nitrogen and oxygen atoms in total. The van der Waals surface area contributed by atoms with Crippen molar-refractivity contribution < 1.29 is 23.1 Å². The molecule has 0 aliphatic carbocycles. The third kappa shape index (κ3) is 2.94. The van der Waals surface area contributed by atoms with E-state index in [2.05, 4.69) is 4.98 Å². The molecule has 7 heteroatoms. The molecule has 1 aromatic heterocycles. The molecule has 1 atom stereocenters. The first-order chi connectivity index (χ1) is 7.77. The van der Waals surface area contributed by atoms with Crippen molar-refractivity contribution in [2.24, 2.45) is 0 Å². The van der Waals surface area contributed by atoms with Gasteiger partial charge in [0, 0.05) is 18.9 Å². The molecule has 0 saturated heterocycles. The van der Waals surface area contributed by atoms with Gasteiger partial charge < -0.3 is 5.11 Å². The number of hydrogen-bond acceptors (Lipinski definition) is 3. The van der Waals surface area contributed by atoms with E-state index in [0.717, 1.165) is 0 Å². The van der Waals surface area contributed by atoms with Gasteiger partial charge in [0.25, 0.3) is 0 Å². The topological polar surface area (TPSA) is 62.2 Å². The van der Waals surface area contributed by atoms with Gasteiger partial charge in [-0.15, -0.1) is 0 Å². The van der Waals surface area contributed by atoms with Crippen LogP contribution in [0.5, 0.6) is 0 Å². The standard InChI is InChI=1S/C10H11F3N2O2/c1-9(8(16)17,10(11,12)13)15-6-7-2-4-14-5-3-7/h2-5,15H,6H2,1H3,(H,16,17). The number of halogens is 3. The molecular formula is C10H11F3N2O2. The van der Waals surface area contributed by atoms with E-state index in [4.69, 9.17) is 5.11 Å². The van der Waals surface area contributed by atoms with Gasteiger partial charge >= 0.3 is 12.1 Å². The maximum Gasteiger partial charge on any atom is 0.417 e. The lowest BCUT2D eigenvalue weighted by atomic mass is 10.0. The van der Waals surface area contributed by atoms with Crippen LogP contribution in [0, 0.1) is 0 Å². The molecule has 0 radical (unpaired) electrons. The Morgan fingerprint density at radius 1 is 1.41 bits per heavy atom. The molecule has 1 aromatic rings. The van der Waals surface area contributed by atoms with Crippen molar-refractivity contribution in [2.75, 3.05) is 0 Å². The average Bonchev–Trinajstić information content (AvgIpc) is 2.25. The number of hydrogen-bond donors (Lipinski definition) is 2. The second-order valence-corrected chi connectivity index (χ2v) is 3.64. The molecule has 1 rings (SSSR count). The van der Waals surface area contributed by atoms with Crippen molar-refractivity contribution in [3.63, 3.8) is 0 Å². The van der Waals surface area contributed by atoms with Crippen molar-refractivity contribution in [1.82, 2.24) is 10.3 Å². The molecule has 0 amide bonds. The molecule has 0 spiro atoms. The predicted molar refractivity (Wildman–Crippen MR) is 53.2 cm³/mol. The Kier molecular flexibility index (Phi) is 3.72. The van der Waals surface area contributed by atoms with E-state index in [9.17, 15) is 18.0 Å². The van der Waals surface area contributed by atoms with Gasteiger partial charge in [0.15, 0.2) is 0 Å². The second kappa shape index (κ2) is 4.70. The van der Waals surface area contributed by atoms with E-state index in [1.807, 2.05) is 5.32 Å². The summed E-state index contributed by atoms with van der Waals surface area (Å²) in [7, 11) is 0. The van der Waals surface area contributed by atoms with Gasteiger partial charge in [0.2, 0.25) is 5.54 Å². The summed E-state index contributed by atoms with van der Waals surface area (Å²) in [6.07, 6.45) is -2.03. The van der Waals surface area contributed by atoms with Gasteiger partial charge in [-0.1, -0.05) is 0 Å².